The fourth-order valence-electron chi connectivity index (χ4n) is 2.86. The number of methoxy groups -OCH3 is 2. The van der Waals surface area contributed by atoms with Crippen LogP contribution in [0, 0.1) is 0 Å². The minimum atomic E-state index is -0.657. The summed E-state index contributed by atoms with van der Waals surface area (Å²) in [6.07, 6.45) is 2.07. The molecule has 2 rings (SSSR count). The van der Waals surface area contributed by atoms with Gasteiger partial charge in [0.25, 0.3) is 5.56 Å². The zero-order valence-electron chi connectivity index (χ0n) is 17.4. The van der Waals surface area contributed by atoms with Crippen molar-refractivity contribution < 1.29 is 23.8 Å². The van der Waals surface area contributed by atoms with Crippen molar-refractivity contribution in [3.63, 3.8) is 0 Å². The molecule has 1 aromatic heterocycles. The normalized spacial score (nSPS) is 11.8. The van der Waals surface area contributed by atoms with Gasteiger partial charge in [0.15, 0.2) is 11.5 Å². The van der Waals surface area contributed by atoms with Crippen LogP contribution < -0.4 is 15.0 Å². The highest BCUT2D eigenvalue weighted by atomic mass is 16.5. The van der Waals surface area contributed by atoms with Crippen LogP contribution in [0.15, 0.2) is 23.3 Å². The molecule has 0 spiro atoms. The molecule has 9 heteroatoms. The molecule has 1 heterocycles. The molecule has 1 aromatic carbocycles. The second-order valence-electron chi connectivity index (χ2n) is 6.50. The minimum Gasteiger partial charge on any atom is -0.493 e. The minimum absolute atomic E-state index is 0.191. The summed E-state index contributed by atoms with van der Waals surface area (Å²) >= 11 is 0. The van der Waals surface area contributed by atoms with E-state index < -0.39 is 12.0 Å². The number of rotatable bonds is 9. The predicted molar refractivity (Wildman–Crippen MR) is 107 cm³/mol. The molecule has 1 amide bonds. The van der Waals surface area contributed by atoms with Crippen molar-refractivity contribution in [2.45, 2.75) is 39.3 Å². The Labute approximate surface area is 169 Å². The predicted octanol–water partition coefficient (Wildman–Crippen LogP) is 1.60. The molecule has 9 nitrogen and oxygen atoms in total. The van der Waals surface area contributed by atoms with Crippen LogP contribution in [0.4, 0.5) is 0 Å². The van der Waals surface area contributed by atoms with Crippen molar-refractivity contribution in [1.82, 2.24) is 14.5 Å². The van der Waals surface area contributed by atoms with Gasteiger partial charge in [0.05, 0.1) is 38.1 Å². The number of aromatic nitrogens is 2. The lowest BCUT2D eigenvalue weighted by atomic mass is 10.2. The average Bonchev–Trinajstić information content (AvgIpc) is 2.73. The van der Waals surface area contributed by atoms with Crippen molar-refractivity contribution in [3.05, 3.63) is 28.8 Å². The van der Waals surface area contributed by atoms with E-state index in [4.69, 9.17) is 14.2 Å². The molecule has 0 saturated heterocycles. The van der Waals surface area contributed by atoms with Gasteiger partial charge < -0.3 is 19.1 Å². The number of esters is 1. The van der Waals surface area contributed by atoms with Gasteiger partial charge in [0, 0.05) is 26.1 Å². The number of fused-ring (bicyclic) bond motifs is 1. The number of benzene rings is 1. The van der Waals surface area contributed by atoms with Crippen molar-refractivity contribution in [1.29, 1.82) is 0 Å². The van der Waals surface area contributed by atoms with Gasteiger partial charge >= 0.3 is 5.97 Å². The summed E-state index contributed by atoms with van der Waals surface area (Å²) < 4.78 is 16.9. The highest BCUT2D eigenvalue weighted by Gasteiger charge is 2.23. The smallest absolute Gasteiger partial charge is 0.328 e. The van der Waals surface area contributed by atoms with Gasteiger partial charge in [-0.25, -0.2) is 9.78 Å². The first-order valence-corrected chi connectivity index (χ1v) is 9.37. The van der Waals surface area contributed by atoms with Crippen molar-refractivity contribution in [3.8, 4) is 11.5 Å². The quantitative estimate of drug-likeness (QED) is 0.584. The summed E-state index contributed by atoms with van der Waals surface area (Å²) in [5.74, 6) is 0.303. The first-order valence-electron chi connectivity index (χ1n) is 9.37. The number of nitrogens with zero attached hydrogens (tertiary/aromatic N) is 3. The number of carbonyl (C=O) groups is 2. The lowest BCUT2D eigenvalue weighted by Crippen LogP contribution is -2.41. The molecule has 0 fully saturated rings. The summed E-state index contributed by atoms with van der Waals surface area (Å²) in [6.45, 7) is 3.92. The second-order valence-corrected chi connectivity index (χ2v) is 6.50. The molecule has 0 bridgehead atoms. The summed E-state index contributed by atoms with van der Waals surface area (Å²) in [5.41, 5.74) is 0.277. The van der Waals surface area contributed by atoms with Crippen molar-refractivity contribution in [2.24, 2.45) is 0 Å². The van der Waals surface area contributed by atoms with Gasteiger partial charge in [-0.3, -0.25) is 14.2 Å². The third-order valence-corrected chi connectivity index (χ3v) is 4.72. The van der Waals surface area contributed by atoms with Crippen LogP contribution in [0.2, 0.25) is 0 Å². The van der Waals surface area contributed by atoms with Gasteiger partial charge in [-0.1, -0.05) is 0 Å². The first-order chi connectivity index (χ1) is 13.8. The average molecular weight is 405 g/mol. The molecule has 0 aliphatic heterocycles. The number of carbonyl (C=O) groups excluding carboxylic acids is 2. The van der Waals surface area contributed by atoms with Gasteiger partial charge in [-0.05, 0) is 26.3 Å². The maximum absolute atomic E-state index is 12.7. The number of hydrogen-bond donors (Lipinski definition) is 0. The van der Waals surface area contributed by atoms with Crippen LogP contribution in [-0.4, -0.2) is 60.2 Å². The summed E-state index contributed by atoms with van der Waals surface area (Å²) in [6, 6.07) is 2.59. The first kappa shape index (κ1) is 22.2. The van der Waals surface area contributed by atoms with E-state index in [-0.39, 0.29) is 24.5 Å². The number of aryl methyl sites for hydroxylation is 1. The third-order valence-electron chi connectivity index (χ3n) is 4.72. The zero-order chi connectivity index (χ0) is 21.6. The number of amides is 1. The Hall–Kier alpha value is -3.10. The SMILES string of the molecule is CCOC(=O)C(C)N(C)C(=O)CCCn1cnc2cc(OC)c(OC)cc2c1=O. The van der Waals surface area contributed by atoms with Crippen LogP contribution in [0.3, 0.4) is 0 Å². The highest BCUT2D eigenvalue weighted by molar-refractivity contribution is 5.84. The van der Waals surface area contributed by atoms with E-state index >= 15 is 0 Å². The van der Waals surface area contributed by atoms with E-state index in [2.05, 4.69) is 4.98 Å². The molecular formula is C20H27N3O6. The van der Waals surface area contributed by atoms with Crippen molar-refractivity contribution >= 4 is 22.8 Å². The third kappa shape index (κ3) is 5.04. The molecule has 1 atom stereocenters. The van der Waals surface area contributed by atoms with Gasteiger partial charge in [-0.2, -0.15) is 0 Å². The van der Waals surface area contributed by atoms with E-state index in [0.29, 0.717) is 35.4 Å². The lowest BCUT2D eigenvalue weighted by Gasteiger charge is -2.23. The van der Waals surface area contributed by atoms with E-state index in [0.717, 1.165) is 0 Å². The Bertz CT molecular complexity index is 940. The zero-order valence-corrected chi connectivity index (χ0v) is 17.4. The van der Waals surface area contributed by atoms with Crippen LogP contribution in [0.5, 0.6) is 11.5 Å². The Morgan fingerprint density at radius 3 is 2.48 bits per heavy atom. The summed E-state index contributed by atoms with van der Waals surface area (Å²) in [5, 5.41) is 0.407. The number of ether oxygens (including phenoxy) is 3. The van der Waals surface area contributed by atoms with Crippen LogP contribution in [-0.2, 0) is 20.9 Å². The fourth-order valence-corrected chi connectivity index (χ4v) is 2.86. The van der Waals surface area contributed by atoms with Gasteiger partial charge in [-0.15, -0.1) is 0 Å². The van der Waals surface area contributed by atoms with Crippen LogP contribution in [0.1, 0.15) is 26.7 Å². The fraction of sp³-hybridized carbons (Fsp3) is 0.500. The number of likely N-dealkylation sites (N-methyl/N-ethyl adjacent to an activating group) is 1. The Kier molecular flexibility index (Phi) is 7.58. The molecular weight excluding hydrogens is 378 g/mol. The lowest BCUT2D eigenvalue weighted by molar-refractivity contribution is -0.153. The second kappa shape index (κ2) is 9.90. The Morgan fingerprint density at radius 1 is 1.21 bits per heavy atom. The Morgan fingerprint density at radius 2 is 1.86 bits per heavy atom. The van der Waals surface area contributed by atoms with E-state index in [1.807, 2.05) is 0 Å². The molecule has 0 aliphatic rings. The topological polar surface area (TPSA) is 100.0 Å². The monoisotopic (exact) mass is 405 g/mol. The van der Waals surface area contributed by atoms with Crippen LogP contribution >= 0.6 is 0 Å². The standard InChI is InChI=1S/C20H27N3O6/c1-6-29-20(26)13(2)22(3)18(24)8-7-9-23-12-21-15-11-17(28-5)16(27-4)10-14(15)19(23)25/h10-13H,6-9H2,1-5H3. The van der Waals surface area contributed by atoms with E-state index in [9.17, 15) is 14.4 Å². The summed E-state index contributed by atoms with van der Waals surface area (Å²) in [7, 11) is 4.58. The molecule has 2 aromatic rings. The number of hydrogen-bond acceptors (Lipinski definition) is 7. The largest absolute Gasteiger partial charge is 0.493 e. The molecule has 0 aliphatic carbocycles. The van der Waals surface area contributed by atoms with Crippen molar-refractivity contribution in [2.75, 3.05) is 27.9 Å². The van der Waals surface area contributed by atoms with E-state index in [1.165, 1.54) is 30.0 Å². The molecule has 0 radical (unpaired) electrons. The summed E-state index contributed by atoms with van der Waals surface area (Å²) in [4.78, 5) is 42.5. The molecule has 0 saturated carbocycles. The van der Waals surface area contributed by atoms with Gasteiger partial charge in [0.1, 0.15) is 6.04 Å². The van der Waals surface area contributed by atoms with E-state index in [1.54, 1.807) is 33.0 Å². The Balaban J connectivity index is 2.07. The highest BCUT2D eigenvalue weighted by Crippen LogP contribution is 2.29. The maximum Gasteiger partial charge on any atom is 0.328 e. The van der Waals surface area contributed by atoms with Gasteiger partial charge in [0.2, 0.25) is 5.91 Å². The van der Waals surface area contributed by atoms with Crippen LogP contribution in [0.25, 0.3) is 10.9 Å². The molecule has 0 N–H and O–H groups in total. The maximum atomic E-state index is 12.7. The molecule has 158 valence electrons. The molecule has 29 heavy (non-hydrogen) atoms. The molecule has 1 unspecified atom stereocenters.